The first-order valence-corrected chi connectivity index (χ1v) is 15.2. The van der Waals surface area contributed by atoms with Crippen molar-refractivity contribution in [3.8, 4) is 11.1 Å². The summed E-state index contributed by atoms with van der Waals surface area (Å²) in [5.74, 6) is -1.52. The van der Waals surface area contributed by atoms with E-state index in [-0.39, 0.29) is 11.1 Å². The van der Waals surface area contributed by atoms with Crippen LogP contribution in [0.15, 0.2) is 30.6 Å². The maximum Gasteiger partial charge on any atom is 0.354 e. The molecule has 2 aromatic heterocycles. The van der Waals surface area contributed by atoms with Gasteiger partial charge in [0.25, 0.3) is 0 Å². The Hall–Kier alpha value is -4.05. The van der Waals surface area contributed by atoms with Crippen LogP contribution >= 0.6 is 0 Å². The van der Waals surface area contributed by atoms with Crippen LogP contribution in [-0.2, 0) is 22.5 Å². The van der Waals surface area contributed by atoms with Gasteiger partial charge in [-0.1, -0.05) is 32.0 Å². The van der Waals surface area contributed by atoms with Crippen molar-refractivity contribution in [2.24, 2.45) is 5.41 Å². The summed E-state index contributed by atoms with van der Waals surface area (Å²) in [5, 5.41) is 19.8. The first-order chi connectivity index (χ1) is 20.6. The Kier molecular flexibility index (Phi) is 8.41. The zero-order valence-electron chi connectivity index (χ0n) is 26.8. The Bertz CT molecular complexity index is 1590. The second-order valence-electron chi connectivity index (χ2n) is 13.7. The molecule has 1 aromatic carbocycles. The summed E-state index contributed by atoms with van der Waals surface area (Å²) in [5.41, 5.74) is 6.83. The molecule has 1 atom stereocenters. The summed E-state index contributed by atoms with van der Waals surface area (Å²) < 4.78 is 6.22. The third-order valence-corrected chi connectivity index (χ3v) is 8.67. The highest BCUT2D eigenvalue weighted by molar-refractivity contribution is 5.88. The summed E-state index contributed by atoms with van der Waals surface area (Å²) in [6.45, 7) is 17.0. The van der Waals surface area contributed by atoms with Crippen molar-refractivity contribution in [2.45, 2.75) is 86.0 Å². The normalized spacial score (nSPS) is 17.2. The lowest BCUT2D eigenvalue weighted by Crippen LogP contribution is -2.39. The molecule has 10 nitrogen and oxygen atoms in total. The number of hydrogen-bond acceptors (Lipinski definition) is 8. The number of anilines is 2. The minimum Gasteiger partial charge on any atom is -0.479 e. The van der Waals surface area contributed by atoms with Crippen LogP contribution in [0.2, 0.25) is 0 Å². The van der Waals surface area contributed by atoms with Gasteiger partial charge in [-0.3, -0.25) is 4.98 Å². The number of carbonyl (C=O) groups is 2. The molecule has 0 radical (unpaired) electrons. The number of aromatic carboxylic acids is 1. The Morgan fingerprint density at radius 3 is 2.30 bits per heavy atom. The molecule has 0 bridgehead atoms. The maximum atomic E-state index is 12.8. The minimum atomic E-state index is -1.17. The number of hydrogen-bond donors (Lipinski definition) is 2. The van der Waals surface area contributed by atoms with Crippen LogP contribution in [0.4, 0.5) is 11.5 Å². The molecule has 1 fully saturated rings. The van der Waals surface area contributed by atoms with Crippen molar-refractivity contribution in [3.05, 3.63) is 64.4 Å². The summed E-state index contributed by atoms with van der Waals surface area (Å²) in [4.78, 5) is 41.7. The van der Waals surface area contributed by atoms with Crippen molar-refractivity contribution in [3.63, 3.8) is 0 Å². The number of nitrogens with zero attached hydrogens (tertiary/aromatic N) is 5. The maximum absolute atomic E-state index is 12.8. The average Bonchev–Trinajstić information content (AvgIpc) is 2.95. The van der Waals surface area contributed by atoms with Crippen LogP contribution in [0.25, 0.3) is 11.1 Å². The van der Waals surface area contributed by atoms with Gasteiger partial charge in [0.05, 0.1) is 11.3 Å². The quantitative estimate of drug-likeness (QED) is 0.333. The fourth-order valence-corrected chi connectivity index (χ4v) is 6.30. The Labute approximate surface area is 259 Å². The molecule has 5 rings (SSSR count). The Balaban J connectivity index is 1.60. The van der Waals surface area contributed by atoms with Gasteiger partial charge in [0, 0.05) is 54.8 Å². The largest absolute Gasteiger partial charge is 0.479 e. The van der Waals surface area contributed by atoms with Crippen molar-refractivity contribution in [1.82, 2.24) is 15.0 Å². The van der Waals surface area contributed by atoms with Gasteiger partial charge in [-0.2, -0.15) is 0 Å². The van der Waals surface area contributed by atoms with Crippen LogP contribution in [0.1, 0.15) is 92.1 Å². The van der Waals surface area contributed by atoms with Gasteiger partial charge in [0.2, 0.25) is 0 Å². The number of rotatable bonds is 7. The number of carboxylic acid groups (broad SMARTS) is 2. The van der Waals surface area contributed by atoms with Gasteiger partial charge < -0.3 is 24.7 Å². The molecule has 1 saturated heterocycles. The molecule has 3 aromatic rings. The van der Waals surface area contributed by atoms with E-state index in [1.807, 2.05) is 34.6 Å². The van der Waals surface area contributed by atoms with Crippen LogP contribution in [-0.4, -0.2) is 62.3 Å². The van der Waals surface area contributed by atoms with E-state index >= 15 is 0 Å². The monoisotopic (exact) mass is 601 g/mol. The standard InChI is InChI=1S/C34H43N5O5/c1-20-27(23-8-9-24-18-39(13-10-22(24)16-23)26-17-25(31(40)41)35-19-36-26)29(38-14-11-34(6,7)12-15-38)28(21(2)37-20)30(32(42)43)44-33(3,4)5/h8-9,16-17,19,30H,10-15,18H2,1-7H3,(H,40,41)(H,42,43). The van der Waals surface area contributed by atoms with Crippen molar-refractivity contribution < 1.29 is 24.5 Å². The van der Waals surface area contributed by atoms with E-state index < -0.39 is 23.6 Å². The van der Waals surface area contributed by atoms with E-state index in [1.54, 1.807) is 0 Å². The molecule has 44 heavy (non-hydrogen) atoms. The number of aromatic nitrogens is 3. The molecule has 2 N–H and O–H groups in total. The molecule has 2 aliphatic heterocycles. The molecule has 0 spiro atoms. The van der Waals surface area contributed by atoms with Gasteiger partial charge in [-0.05, 0) is 76.0 Å². The van der Waals surface area contributed by atoms with E-state index in [0.717, 1.165) is 60.4 Å². The highest BCUT2D eigenvalue weighted by Gasteiger charge is 2.36. The fraction of sp³-hybridized carbons (Fsp3) is 0.500. The molecule has 0 saturated carbocycles. The lowest BCUT2D eigenvalue weighted by atomic mass is 9.81. The average molecular weight is 602 g/mol. The second-order valence-corrected chi connectivity index (χ2v) is 13.7. The molecule has 0 amide bonds. The zero-order valence-corrected chi connectivity index (χ0v) is 26.8. The minimum absolute atomic E-state index is 0.0296. The lowest BCUT2D eigenvalue weighted by Gasteiger charge is -2.41. The second kappa shape index (κ2) is 11.8. The SMILES string of the molecule is Cc1nc(C)c(C(OC(C)(C)C)C(=O)O)c(N2CCC(C)(C)CC2)c1-c1ccc2c(c1)CCN(c1cc(C(=O)O)ncn1)C2. The highest BCUT2D eigenvalue weighted by Crippen LogP contribution is 2.45. The van der Waals surface area contributed by atoms with Gasteiger partial charge in [0.15, 0.2) is 11.8 Å². The van der Waals surface area contributed by atoms with Gasteiger partial charge >= 0.3 is 11.9 Å². The predicted molar refractivity (Wildman–Crippen MR) is 169 cm³/mol. The molecule has 2 aliphatic rings. The van der Waals surface area contributed by atoms with E-state index in [2.05, 4.69) is 51.8 Å². The number of pyridine rings is 1. The van der Waals surface area contributed by atoms with Gasteiger partial charge in [0.1, 0.15) is 12.1 Å². The van der Waals surface area contributed by atoms with Gasteiger partial charge in [-0.25, -0.2) is 19.6 Å². The number of benzene rings is 1. The van der Waals surface area contributed by atoms with Crippen LogP contribution in [0, 0.1) is 19.3 Å². The van der Waals surface area contributed by atoms with E-state index in [9.17, 15) is 19.8 Å². The lowest BCUT2D eigenvalue weighted by molar-refractivity contribution is -0.160. The third-order valence-electron chi connectivity index (χ3n) is 8.67. The first-order valence-electron chi connectivity index (χ1n) is 15.2. The number of fused-ring (bicyclic) bond motifs is 1. The molecule has 4 heterocycles. The fourth-order valence-electron chi connectivity index (χ4n) is 6.30. The highest BCUT2D eigenvalue weighted by atomic mass is 16.5. The van der Waals surface area contributed by atoms with Crippen LogP contribution in [0.5, 0.6) is 0 Å². The summed E-state index contributed by atoms with van der Waals surface area (Å²) >= 11 is 0. The number of carboxylic acids is 2. The molecular formula is C34H43N5O5. The number of ether oxygens (including phenoxy) is 1. The van der Waals surface area contributed by atoms with E-state index in [4.69, 9.17) is 9.72 Å². The molecule has 1 unspecified atom stereocenters. The van der Waals surface area contributed by atoms with Gasteiger partial charge in [-0.15, -0.1) is 0 Å². The predicted octanol–water partition coefficient (Wildman–Crippen LogP) is 5.98. The summed E-state index contributed by atoms with van der Waals surface area (Å²) in [6.07, 6.45) is 2.87. The number of aryl methyl sites for hydroxylation is 2. The van der Waals surface area contributed by atoms with Crippen molar-refractivity contribution in [2.75, 3.05) is 29.4 Å². The summed E-state index contributed by atoms with van der Waals surface area (Å²) in [6, 6.07) is 7.91. The number of piperidine rings is 1. The van der Waals surface area contributed by atoms with Crippen LogP contribution < -0.4 is 9.80 Å². The topological polar surface area (TPSA) is 129 Å². The number of aliphatic carboxylic acids is 1. The molecule has 234 valence electrons. The smallest absolute Gasteiger partial charge is 0.354 e. The van der Waals surface area contributed by atoms with E-state index in [1.165, 1.54) is 18.0 Å². The van der Waals surface area contributed by atoms with Crippen LogP contribution in [0.3, 0.4) is 0 Å². The zero-order chi connectivity index (χ0) is 32.0. The third kappa shape index (κ3) is 6.55. The Morgan fingerprint density at radius 2 is 1.66 bits per heavy atom. The molecule has 10 heteroatoms. The Morgan fingerprint density at radius 1 is 0.955 bits per heavy atom. The molecule has 0 aliphatic carbocycles. The molecular weight excluding hydrogens is 558 g/mol. The van der Waals surface area contributed by atoms with Crippen molar-refractivity contribution in [1.29, 1.82) is 0 Å². The van der Waals surface area contributed by atoms with Crippen molar-refractivity contribution >= 4 is 23.4 Å². The first kappa shape index (κ1) is 31.4. The van der Waals surface area contributed by atoms with E-state index in [0.29, 0.717) is 30.2 Å². The summed E-state index contributed by atoms with van der Waals surface area (Å²) in [7, 11) is 0.